The van der Waals surface area contributed by atoms with Crippen molar-refractivity contribution < 1.29 is 14.2 Å². The molecule has 2 aromatic heterocycles. The van der Waals surface area contributed by atoms with Gasteiger partial charge in [-0.25, -0.2) is 9.97 Å². The molecule has 0 bridgehead atoms. The van der Waals surface area contributed by atoms with Crippen molar-refractivity contribution in [3.63, 3.8) is 0 Å². The summed E-state index contributed by atoms with van der Waals surface area (Å²) in [6.45, 7) is 2.90. The summed E-state index contributed by atoms with van der Waals surface area (Å²) in [7, 11) is 0. The smallest absolute Gasteiger partial charge is 0.208 e. The number of imidazole rings is 1. The number of hydrogen-bond acceptors (Lipinski definition) is 7. The van der Waals surface area contributed by atoms with Crippen LogP contribution in [-0.2, 0) is 14.2 Å². The molecule has 3 aliphatic rings. The SMILES string of the molecule is c1ccc(Nc2nc3cnc(NC4CCC5(CC4)OCCO5)cc3n2[C@H]2CCOC2)cc1. The van der Waals surface area contributed by atoms with E-state index in [4.69, 9.17) is 19.2 Å². The van der Waals surface area contributed by atoms with Gasteiger partial charge in [0.15, 0.2) is 5.79 Å². The van der Waals surface area contributed by atoms with Gasteiger partial charge in [-0.1, -0.05) is 18.2 Å². The molecule has 1 saturated carbocycles. The summed E-state index contributed by atoms with van der Waals surface area (Å²) >= 11 is 0. The zero-order valence-corrected chi connectivity index (χ0v) is 18.1. The van der Waals surface area contributed by atoms with Crippen LogP contribution in [0.4, 0.5) is 17.5 Å². The van der Waals surface area contributed by atoms with E-state index in [9.17, 15) is 0 Å². The highest BCUT2D eigenvalue weighted by molar-refractivity contribution is 5.81. The Hall–Kier alpha value is -2.68. The van der Waals surface area contributed by atoms with Crippen molar-refractivity contribution in [2.24, 2.45) is 0 Å². The molecule has 0 radical (unpaired) electrons. The van der Waals surface area contributed by atoms with E-state index in [0.29, 0.717) is 25.9 Å². The van der Waals surface area contributed by atoms with E-state index in [1.54, 1.807) is 0 Å². The molecule has 0 unspecified atom stereocenters. The number of benzene rings is 1. The largest absolute Gasteiger partial charge is 0.379 e. The highest BCUT2D eigenvalue weighted by Crippen LogP contribution is 2.37. The molecule has 1 atom stereocenters. The summed E-state index contributed by atoms with van der Waals surface area (Å²) in [5, 5.41) is 7.13. The van der Waals surface area contributed by atoms with Crippen molar-refractivity contribution in [1.29, 1.82) is 0 Å². The van der Waals surface area contributed by atoms with Crippen LogP contribution in [0.3, 0.4) is 0 Å². The van der Waals surface area contributed by atoms with Gasteiger partial charge in [-0.15, -0.1) is 0 Å². The Balaban J connectivity index is 1.26. The van der Waals surface area contributed by atoms with Crippen LogP contribution in [0.15, 0.2) is 42.6 Å². The highest BCUT2D eigenvalue weighted by Gasteiger charge is 2.40. The molecule has 4 heterocycles. The zero-order valence-electron chi connectivity index (χ0n) is 18.1. The van der Waals surface area contributed by atoms with E-state index < -0.39 is 0 Å². The van der Waals surface area contributed by atoms with Crippen LogP contribution in [0.1, 0.15) is 38.1 Å². The lowest BCUT2D eigenvalue weighted by molar-refractivity contribution is -0.177. The molecule has 168 valence electrons. The Morgan fingerprint density at radius 3 is 2.56 bits per heavy atom. The maximum atomic E-state index is 5.87. The van der Waals surface area contributed by atoms with E-state index in [0.717, 1.165) is 67.2 Å². The predicted octanol–water partition coefficient (Wildman–Crippen LogP) is 4.23. The van der Waals surface area contributed by atoms with Crippen LogP contribution in [0.25, 0.3) is 11.0 Å². The fourth-order valence-electron chi connectivity index (χ4n) is 5.11. The first-order valence-electron chi connectivity index (χ1n) is 11.6. The molecule has 1 aromatic carbocycles. The maximum absolute atomic E-state index is 5.87. The van der Waals surface area contributed by atoms with Crippen LogP contribution >= 0.6 is 0 Å². The second kappa shape index (κ2) is 8.35. The van der Waals surface area contributed by atoms with Gasteiger partial charge in [0.1, 0.15) is 11.3 Å². The van der Waals surface area contributed by atoms with Crippen molar-refractivity contribution >= 4 is 28.5 Å². The van der Waals surface area contributed by atoms with Gasteiger partial charge >= 0.3 is 0 Å². The Kier molecular flexibility index (Phi) is 5.21. The van der Waals surface area contributed by atoms with Crippen molar-refractivity contribution in [1.82, 2.24) is 14.5 Å². The first kappa shape index (κ1) is 20.0. The van der Waals surface area contributed by atoms with E-state index in [1.807, 2.05) is 36.5 Å². The van der Waals surface area contributed by atoms with E-state index in [-0.39, 0.29) is 11.8 Å². The maximum Gasteiger partial charge on any atom is 0.208 e. The number of anilines is 3. The highest BCUT2D eigenvalue weighted by atomic mass is 16.7. The van der Waals surface area contributed by atoms with Crippen LogP contribution in [-0.4, -0.2) is 52.8 Å². The van der Waals surface area contributed by atoms with Gasteiger partial charge in [0.2, 0.25) is 5.95 Å². The average Bonchev–Trinajstić information content (AvgIpc) is 3.57. The third-order valence-electron chi connectivity index (χ3n) is 6.79. The second-order valence-corrected chi connectivity index (χ2v) is 8.90. The number of ether oxygens (including phenoxy) is 3. The molecular weight excluding hydrogens is 406 g/mol. The first-order valence-corrected chi connectivity index (χ1v) is 11.6. The van der Waals surface area contributed by atoms with Crippen molar-refractivity contribution in [3.05, 3.63) is 42.6 Å². The van der Waals surface area contributed by atoms with Crippen LogP contribution < -0.4 is 10.6 Å². The first-order chi connectivity index (χ1) is 15.8. The number of hydrogen-bond donors (Lipinski definition) is 2. The van der Waals surface area contributed by atoms with E-state index in [1.165, 1.54) is 0 Å². The molecule has 2 aliphatic heterocycles. The summed E-state index contributed by atoms with van der Waals surface area (Å²) in [4.78, 5) is 9.53. The fourth-order valence-corrected chi connectivity index (χ4v) is 5.11. The molecule has 1 spiro atoms. The molecule has 32 heavy (non-hydrogen) atoms. The Morgan fingerprint density at radius 1 is 1.00 bits per heavy atom. The van der Waals surface area contributed by atoms with Crippen LogP contribution in [0, 0.1) is 0 Å². The molecular formula is C24H29N5O3. The summed E-state index contributed by atoms with van der Waals surface area (Å²) in [5.74, 6) is 1.38. The number of rotatable bonds is 5. The van der Waals surface area contributed by atoms with Gasteiger partial charge in [-0.05, 0) is 31.4 Å². The second-order valence-electron chi connectivity index (χ2n) is 8.90. The summed E-state index contributed by atoms with van der Waals surface area (Å²) in [5.41, 5.74) is 2.98. The molecule has 2 saturated heterocycles. The number of nitrogens with zero attached hydrogens (tertiary/aromatic N) is 3. The topological polar surface area (TPSA) is 82.5 Å². The average molecular weight is 436 g/mol. The van der Waals surface area contributed by atoms with Crippen LogP contribution in [0.2, 0.25) is 0 Å². The fraction of sp³-hybridized carbons (Fsp3) is 0.500. The third kappa shape index (κ3) is 3.83. The van der Waals surface area contributed by atoms with Gasteiger partial charge in [-0.2, -0.15) is 0 Å². The molecule has 6 rings (SSSR count). The predicted molar refractivity (Wildman–Crippen MR) is 122 cm³/mol. The summed E-state index contributed by atoms with van der Waals surface area (Å²) < 4.78 is 19.7. The monoisotopic (exact) mass is 435 g/mol. The lowest BCUT2D eigenvalue weighted by Crippen LogP contribution is -2.39. The molecule has 1 aliphatic carbocycles. The molecule has 2 N–H and O–H groups in total. The standard InChI is InChI=1S/C24H29N5O3/c1-2-4-17(5-3-1)27-23-28-20-15-25-22(14-21(20)29(23)19-8-11-30-16-19)26-18-6-9-24(10-7-18)31-12-13-32-24/h1-5,14-15,18-19H,6-13,16H2,(H,25,26)(H,27,28)/t19-/m0/s1. The minimum absolute atomic E-state index is 0.257. The third-order valence-corrected chi connectivity index (χ3v) is 6.79. The summed E-state index contributed by atoms with van der Waals surface area (Å²) in [6, 6.07) is 12.9. The lowest BCUT2D eigenvalue weighted by Gasteiger charge is -2.35. The van der Waals surface area contributed by atoms with Crippen LogP contribution in [0.5, 0.6) is 0 Å². The minimum atomic E-state index is -0.339. The van der Waals surface area contributed by atoms with E-state index in [2.05, 4.69) is 26.3 Å². The number of fused-ring (bicyclic) bond motifs is 1. The van der Waals surface area contributed by atoms with Crippen molar-refractivity contribution in [2.75, 3.05) is 37.1 Å². The molecule has 8 nitrogen and oxygen atoms in total. The normalized spacial score (nSPS) is 23.2. The van der Waals surface area contributed by atoms with Gasteiger partial charge in [-0.3, -0.25) is 0 Å². The number of para-hydroxylation sites is 1. The number of nitrogens with one attached hydrogen (secondary N) is 2. The Bertz CT molecular complexity index is 1060. The van der Waals surface area contributed by atoms with Gasteiger partial charge < -0.3 is 29.4 Å². The van der Waals surface area contributed by atoms with Crippen molar-refractivity contribution in [2.45, 2.75) is 50.0 Å². The van der Waals surface area contributed by atoms with Crippen molar-refractivity contribution in [3.8, 4) is 0 Å². The summed E-state index contributed by atoms with van der Waals surface area (Å²) in [6.07, 6.45) is 6.72. The number of pyridine rings is 1. The van der Waals surface area contributed by atoms with Gasteiger partial charge in [0, 0.05) is 37.2 Å². The molecule has 3 fully saturated rings. The molecule has 3 aromatic rings. The Labute approximate surface area is 187 Å². The quantitative estimate of drug-likeness (QED) is 0.620. The van der Waals surface area contributed by atoms with E-state index >= 15 is 0 Å². The Morgan fingerprint density at radius 2 is 1.81 bits per heavy atom. The van der Waals surface area contributed by atoms with Gasteiger partial charge in [0.05, 0.1) is 37.6 Å². The molecule has 0 amide bonds. The zero-order chi connectivity index (χ0) is 21.4. The van der Waals surface area contributed by atoms with Gasteiger partial charge in [0.25, 0.3) is 0 Å². The number of aromatic nitrogens is 3. The minimum Gasteiger partial charge on any atom is -0.379 e. The molecule has 8 heteroatoms. The lowest BCUT2D eigenvalue weighted by atomic mass is 9.90.